The van der Waals surface area contributed by atoms with Gasteiger partial charge in [0, 0.05) is 10.6 Å². The smallest absolute Gasteiger partial charge is 0.0533 e. The van der Waals surface area contributed by atoms with Crippen LogP contribution in [0.15, 0.2) is 0 Å². The Bertz CT molecular complexity index is 63.5. The van der Waals surface area contributed by atoms with Crippen molar-refractivity contribution < 1.29 is 4.21 Å². The molecule has 0 fully saturated rings. The highest BCUT2D eigenvalue weighted by Crippen LogP contribution is 1.99. The molecule has 0 aromatic rings. The SMILES string of the molecule is [CH2]CCCC(C)[S+]=O. The predicted molar refractivity (Wildman–Crippen MR) is 36.7 cm³/mol. The number of hydrogen-bond acceptors (Lipinski definition) is 1. The summed E-state index contributed by atoms with van der Waals surface area (Å²) in [7, 11) is 0. The van der Waals surface area contributed by atoms with Gasteiger partial charge in [-0.05, 0) is 13.3 Å². The molecule has 0 saturated carbocycles. The standard InChI is InChI=1S/C6H12OS/c1-3-4-5-6(2)8-7/h6H,1,3-5H2,2H3/q+1. The summed E-state index contributed by atoms with van der Waals surface area (Å²) in [4.78, 5) is 0. The Morgan fingerprint density at radius 1 is 1.75 bits per heavy atom. The van der Waals surface area contributed by atoms with Crippen LogP contribution in [0.5, 0.6) is 0 Å². The third-order valence-electron chi connectivity index (χ3n) is 1.02. The van der Waals surface area contributed by atoms with Crippen molar-refractivity contribution in [2.45, 2.75) is 31.4 Å². The lowest BCUT2D eigenvalue weighted by molar-refractivity contribution is 0.594. The van der Waals surface area contributed by atoms with Gasteiger partial charge in [0.05, 0.1) is 0 Å². The minimum atomic E-state index is 0.275. The van der Waals surface area contributed by atoms with E-state index in [1.54, 1.807) is 0 Å². The number of rotatable bonds is 4. The van der Waals surface area contributed by atoms with Gasteiger partial charge < -0.3 is 0 Å². The molecule has 0 heterocycles. The third kappa shape index (κ3) is 4.19. The van der Waals surface area contributed by atoms with Crippen LogP contribution in [0.1, 0.15) is 26.2 Å². The molecule has 0 aromatic heterocycles. The van der Waals surface area contributed by atoms with Crippen LogP contribution in [0.25, 0.3) is 0 Å². The fraction of sp³-hybridized carbons (Fsp3) is 0.833. The first kappa shape index (κ1) is 8.02. The van der Waals surface area contributed by atoms with E-state index in [1.807, 2.05) is 6.92 Å². The molecule has 2 heteroatoms. The first-order chi connectivity index (χ1) is 3.81. The first-order valence-electron chi connectivity index (χ1n) is 2.89. The van der Waals surface area contributed by atoms with Crippen LogP contribution >= 0.6 is 0 Å². The fourth-order valence-electron chi connectivity index (χ4n) is 0.480. The summed E-state index contributed by atoms with van der Waals surface area (Å²) in [5.41, 5.74) is 0. The van der Waals surface area contributed by atoms with Crippen LogP contribution < -0.4 is 0 Å². The van der Waals surface area contributed by atoms with Crippen molar-refractivity contribution >= 4 is 11.7 Å². The quantitative estimate of drug-likeness (QED) is 0.533. The molecule has 8 heavy (non-hydrogen) atoms. The van der Waals surface area contributed by atoms with Gasteiger partial charge in [0.2, 0.25) is 5.25 Å². The molecule has 0 N–H and O–H groups in total. The molecular formula is C6H12OS+. The van der Waals surface area contributed by atoms with E-state index in [4.69, 9.17) is 0 Å². The second-order valence-corrected chi connectivity index (χ2v) is 2.90. The highest BCUT2D eigenvalue weighted by atomic mass is 32.1. The van der Waals surface area contributed by atoms with Crippen LogP contribution in [-0.4, -0.2) is 5.25 Å². The van der Waals surface area contributed by atoms with Crippen LogP contribution in [0.3, 0.4) is 0 Å². The zero-order valence-corrected chi connectivity index (χ0v) is 6.04. The lowest BCUT2D eigenvalue weighted by atomic mass is 10.2. The highest BCUT2D eigenvalue weighted by Gasteiger charge is 2.11. The number of hydrogen-bond donors (Lipinski definition) is 0. The molecule has 0 aliphatic carbocycles. The highest BCUT2D eigenvalue weighted by molar-refractivity contribution is 7.66. The molecule has 0 amide bonds. The Morgan fingerprint density at radius 3 is 2.75 bits per heavy atom. The van der Waals surface area contributed by atoms with Crippen LogP contribution in [0, 0.1) is 6.92 Å². The first-order valence-corrected chi connectivity index (χ1v) is 3.69. The Kier molecular flexibility index (Phi) is 5.18. The zero-order chi connectivity index (χ0) is 6.41. The van der Waals surface area contributed by atoms with Gasteiger partial charge in [-0.25, -0.2) is 0 Å². The Balaban J connectivity index is 2.98. The van der Waals surface area contributed by atoms with Crippen molar-refractivity contribution in [3.8, 4) is 0 Å². The summed E-state index contributed by atoms with van der Waals surface area (Å²) in [6, 6.07) is 0. The molecular weight excluding hydrogens is 120 g/mol. The van der Waals surface area contributed by atoms with Crippen molar-refractivity contribution in [3.05, 3.63) is 6.92 Å². The monoisotopic (exact) mass is 132 g/mol. The summed E-state index contributed by atoms with van der Waals surface area (Å²) >= 11 is 0.687. The van der Waals surface area contributed by atoms with Crippen molar-refractivity contribution in [3.63, 3.8) is 0 Å². The van der Waals surface area contributed by atoms with Gasteiger partial charge >= 0.3 is 11.7 Å². The van der Waals surface area contributed by atoms with Crippen LogP contribution in [-0.2, 0) is 15.9 Å². The fourth-order valence-corrected chi connectivity index (χ4v) is 0.743. The molecule has 0 aromatic carbocycles. The Labute approximate surface area is 55.0 Å². The topological polar surface area (TPSA) is 17.1 Å². The predicted octanol–water partition coefficient (Wildman–Crippen LogP) is 1.81. The minimum absolute atomic E-state index is 0.275. The molecule has 47 valence electrons. The van der Waals surface area contributed by atoms with Crippen molar-refractivity contribution in [1.29, 1.82) is 0 Å². The van der Waals surface area contributed by atoms with E-state index < -0.39 is 0 Å². The normalized spacial score (nSPS) is 13.2. The van der Waals surface area contributed by atoms with Gasteiger partial charge in [0.15, 0.2) is 0 Å². The maximum absolute atomic E-state index is 10.0. The lowest BCUT2D eigenvalue weighted by Crippen LogP contribution is -1.96. The second kappa shape index (κ2) is 5.16. The van der Waals surface area contributed by atoms with Crippen molar-refractivity contribution in [1.82, 2.24) is 0 Å². The van der Waals surface area contributed by atoms with E-state index in [2.05, 4.69) is 6.92 Å². The van der Waals surface area contributed by atoms with Gasteiger partial charge in [0.25, 0.3) is 0 Å². The van der Waals surface area contributed by atoms with Crippen LogP contribution in [0.4, 0.5) is 0 Å². The van der Waals surface area contributed by atoms with Crippen molar-refractivity contribution in [2.24, 2.45) is 0 Å². The van der Waals surface area contributed by atoms with E-state index in [0.29, 0.717) is 11.7 Å². The molecule has 0 aliphatic heterocycles. The van der Waals surface area contributed by atoms with E-state index >= 15 is 0 Å². The Morgan fingerprint density at radius 2 is 2.38 bits per heavy atom. The summed E-state index contributed by atoms with van der Waals surface area (Å²) in [6.45, 7) is 5.63. The largest absolute Gasteiger partial charge is 0.461 e. The summed E-state index contributed by atoms with van der Waals surface area (Å²) in [6.07, 6.45) is 3.04. The average molecular weight is 132 g/mol. The number of unbranched alkanes of at least 4 members (excludes halogenated alkanes) is 1. The van der Waals surface area contributed by atoms with Gasteiger partial charge in [-0.1, -0.05) is 13.3 Å². The zero-order valence-electron chi connectivity index (χ0n) is 5.22. The van der Waals surface area contributed by atoms with E-state index in [9.17, 15) is 4.21 Å². The summed E-state index contributed by atoms with van der Waals surface area (Å²) in [5, 5.41) is 0.275. The summed E-state index contributed by atoms with van der Waals surface area (Å²) < 4.78 is 10.0. The van der Waals surface area contributed by atoms with E-state index in [0.717, 1.165) is 19.3 Å². The molecule has 0 rings (SSSR count). The average Bonchev–Trinajstić information content (AvgIpc) is 1.83. The van der Waals surface area contributed by atoms with E-state index in [-0.39, 0.29) is 5.25 Å². The maximum atomic E-state index is 10.0. The van der Waals surface area contributed by atoms with Crippen molar-refractivity contribution in [2.75, 3.05) is 0 Å². The molecule has 0 aliphatic rings. The molecule has 1 atom stereocenters. The molecule has 0 spiro atoms. The molecule has 1 radical (unpaired) electrons. The summed E-state index contributed by atoms with van der Waals surface area (Å²) in [5.74, 6) is 0. The third-order valence-corrected chi connectivity index (χ3v) is 1.59. The lowest BCUT2D eigenvalue weighted by Gasteiger charge is -1.87. The van der Waals surface area contributed by atoms with Gasteiger partial charge in [-0.3, -0.25) is 0 Å². The maximum Gasteiger partial charge on any atom is 0.461 e. The molecule has 0 bridgehead atoms. The minimum Gasteiger partial charge on any atom is -0.0533 e. The van der Waals surface area contributed by atoms with Gasteiger partial charge in [-0.2, -0.15) is 0 Å². The van der Waals surface area contributed by atoms with Gasteiger partial charge in [-0.15, -0.1) is 0 Å². The Hall–Kier alpha value is 0.0200. The molecule has 1 nitrogen and oxygen atoms in total. The van der Waals surface area contributed by atoms with Gasteiger partial charge in [0.1, 0.15) is 0 Å². The molecule has 0 saturated heterocycles. The van der Waals surface area contributed by atoms with Crippen LogP contribution in [0.2, 0.25) is 0 Å². The second-order valence-electron chi connectivity index (χ2n) is 1.90. The molecule has 1 unspecified atom stereocenters. The van der Waals surface area contributed by atoms with E-state index in [1.165, 1.54) is 0 Å².